The standard InChI is InChI=1S/C14H13BrClN/c1-17-14(10-5-4-6-11(16)9-10)12-7-2-3-8-13(12)15/h2-9,14,17H,1H3. The van der Waals surface area contributed by atoms with Gasteiger partial charge in [-0.3, -0.25) is 0 Å². The normalized spacial score (nSPS) is 12.4. The Morgan fingerprint density at radius 1 is 1.12 bits per heavy atom. The van der Waals surface area contributed by atoms with E-state index in [2.05, 4.69) is 33.4 Å². The third-order valence-electron chi connectivity index (χ3n) is 2.69. The molecule has 1 nitrogen and oxygen atoms in total. The zero-order valence-electron chi connectivity index (χ0n) is 9.45. The smallest absolute Gasteiger partial charge is 0.0585 e. The van der Waals surface area contributed by atoms with E-state index in [1.807, 2.05) is 43.4 Å². The zero-order chi connectivity index (χ0) is 12.3. The molecule has 1 unspecified atom stereocenters. The van der Waals surface area contributed by atoms with E-state index in [4.69, 9.17) is 11.6 Å². The molecule has 3 heteroatoms. The first-order chi connectivity index (χ1) is 8.22. The lowest BCUT2D eigenvalue weighted by Crippen LogP contribution is -2.18. The summed E-state index contributed by atoms with van der Waals surface area (Å²) in [6.45, 7) is 0. The second-order valence-electron chi connectivity index (χ2n) is 3.80. The molecule has 0 fully saturated rings. The fraction of sp³-hybridized carbons (Fsp3) is 0.143. The van der Waals surface area contributed by atoms with Gasteiger partial charge in [0.05, 0.1) is 6.04 Å². The minimum absolute atomic E-state index is 0.143. The SMILES string of the molecule is CNC(c1cccc(Cl)c1)c1ccccc1Br. The Morgan fingerprint density at radius 3 is 2.53 bits per heavy atom. The van der Waals surface area contributed by atoms with Gasteiger partial charge in [-0.05, 0) is 36.4 Å². The summed E-state index contributed by atoms with van der Waals surface area (Å²) in [4.78, 5) is 0. The highest BCUT2D eigenvalue weighted by atomic mass is 79.9. The number of nitrogens with one attached hydrogen (secondary N) is 1. The van der Waals surface area contributed by atoms with Gasteiger partial charge in [-0.25, -0.2) is 0 Å². The van der Waals surface area contributed by atoms with E-state index in [0.29, 0.717) is 0 Å². The van der Waals surface area contributed by atoms with Crippen LogP contribution in [0.1, 0.15) is 17.2 Å². The maximum atomic E-state index is 6.03. The Bertz CT molecular complexity index is 513. The maximum Gasteiger partial charge on any atom is 0.0585 e. The van der Waals surface area contributed by atoms with Crippen molar-refractivity contribution >= 4 is 27.5 Å². The molecule has 1 atom stereocenters. The molecule has 0 radical (unpaired) electrons. The predicted molar refractivity (Wildman–Crippen MR) is 76.5 cm³/mol. The fourth-order valence-electron chi connectivity index (χ4n) is 1.90. The van der Waals surface area contributed by atoms with Gasteiger partial charge < -0.3 is 5.32 Å². The first kappa shape index (κ1) is 12.6. The number of hydrogen-bond donors (Lipinski definition) is 1. The lowest BCUT2D eigenvalue weighted by atomic mass is 9.99. The van der Waals surface area contributed by atoms with Crippen molar-refractivity contribution in [2.24, 2.45) is 0 Å². The van der Waals surface area contributed by atoms with Gasteiger partial charge >= 0.3 is 0 Å². The molecule has 2 rings (SSSR count). The molecule has 0 amide bonds. The molecular weight excluding hydrogens is 298 g/mol. The van der Waals surface area contributed by atoms with Crippen LogP contribution in [-0.4, -0.2) is 7.05 Å². The number of rotatable bonds is 3. The molecule has 0 aromatic heterocycles. The summed E-state index contributed by atoms with van der Waals surface area (Å²) in [7, 11) is 1.95. The lowest BCUT2D eigenvalue weighted by Gasteiger charge is -2.18. The van der Waals surface area contributed by atoms with Crippen molar-refractivity contribution in [3.8, 4) is 0 Å². The van der Waals surface area contributed by atoms with Crippen molar-refractivity contribution in [3.63, 3.8) is 0 Å². The molecule has 0 saturated heterocycles. The lowest BCUT2D eigenvalue weighted by molar-refractivity contribution is 0.689. The minimum Gasteiger partial charge on any atom is -0.309 e. The third kappa shape index (κ3) is 2.89. The predicted octanol–water partition coefficient (Wildman–Crippen LogP) is 4.41. The Morgan fingerprint density at radius 2 is 1.88 bits per heavy atom. The molecule has 0 aliphatic rings. The minimum atomic E-state index is 0.143. The number of hydrogen-bond acceptors (Lipinski definition) is 1. The van der Waals surface area contributed by atoms with E-state index in [1.165, 1.54) is 5.56 Å². The highest BCUT2D eigenvalue weighted by Gasteiger charge is 2.14. The van der Waals surface area contributed by atoms with Crippen molar-refractivity contribution in [2.45, 2.75) is 6.04 Å². The van der Waals surface area contributed by atoms with E-state index in [-0.39, 0.29) is 6.04 Å². The van der Waals surface area contributed by atoms with Crippen molar-refractivity contribution in [1.82, 2.24) is 5.32 Å². The second kappa shape index (κ2) is 5.67. The van der Waals surface area contributed by atoms with Crippen LogP contribution in [-0.2, 0) is 0 Å². The topological polar surface area (TPSA) is 12.0 Å². The Hall–Kier alpha value is -0.830. The van der Waals surface area contributed by atoms with Crippen molar-refractivity contribution in [3.05, 3.63) is 69.2 Å². The highest BCUT2D eigenvalue weighted by molar-refractivity contribution is 9.10. The molecule has 0 heterocycles. The van der Waals surface area contributed by atoms with Gasteiger partial charge in [-0.15, -0.1) is 0 Å². The molecule has 0 spiro atoms. The van der Waals surface area contributed by atoms with Gasteiger partial charge in [0, 0.05) is 9.50 Å². The van der Waals surface area contributed by atoms with Gasteiger partial charge in [0.1, 0.15) is 0 Å². The summed E-state index contributed by atoms with van der Waals surface area (Å²) < 4.78 is 1.10. The molecule has 0 bridgehead atoms. The molecule has 17 heavy (non-hydrogen) atoms. The van der Waals surface area contributed by atoms with Crippen molar-refractivity contribution < 1.29 is 0 Å². The van der Waals surface area contributed by atoms with Gasteiger partial charge in [0.15, 0.2) is 0 Å². The third-order valence-corrected chi connectivity index (χ3v) is 3.64. The Kier molecular flexibility index (Phi) is 4.21. The first-order valence-electron chi connectivity index (χ1n) is 5.39. The average molecular weight is 311 g/mol. The Labute approximate surface area is 115 Å². The van der Waals surface area contributed by atoms with Gasteiger partial charge in [0.25, 0.3) is 0 Å². The van der Waals surface area contributed by atoms with E-state index < -0.39 is 0 Å². The van der Waals surface area contributed by atoms with E-state index in [9.17, 15) is 0 Å². The summed E-state index contributed by atoms with van der Waals surface area (Å²) in [6, 6.07) is 16.3. The molecule has 1 N–H and O–H groups in total. The molecule has 0 aliphatic heterocycles. The summed E-state index contributed by atoms with van der Waals surface area (Å²) >= 11 is 9.61. The average Bonchev–Trinajstić information content (AvgIpc) is 2.33. The van der Waals surface area contributed by atoms with Crippen LogP contribution in [0.15, 0.2) is 53.0 Å². The molecule has 0 aliphatic carbocycles. The molecular formula is C14H13BrClN. The largest absolute Gasteiger partial charge is 0.309 e. The van der Waals surface area contributed by atoms with Crippen LogP contribution >= 0.6 is 27.5 Å². The Balaban J connectivity index is 2.44. The monoisotopic (exact) mass is 309 g/mol. The highest BCUT2D eigenvalue weighted by Crippen LogP contribution is 2.29. The van der Waals surface area contributed by atoms with Crippen LogP contribution in [0.5, 0.6) is 0 Å². The van der Waals surface area contributed by atoms with Gasteiger partial charge in [-0.2, -0.15) is 0 Å². The van der Waals surface area contributed by atoms with Gasteiger partial charge in [0.2, 0.25) is 0 Å². The molecule has 2 aromatic rings. The van der Waals surface area contributed by atoms with Crippen LogP contribution in [0.3, 0.4) is 0 Å². The van der Waals surface area contributed by atoms with E-state index >= 15 is 0 Å². The van der Waals surface area contributed by atoms with Crippen molar-refractivity contribution in [2.75, 3.05) is 7.05 Å². The van der Waals surface area contributed by atoms with Gasteiger partial charge in [-0.1, -0.05) is 57.9 Å². The molecule has 88 valence electrons. The summed E-state index contributed by atoms with van der Waals surface area (Å²) in [6.07, 6.45) is 0. The van der Waals surface area contributed by atoms with E-state index in [1.54, 1.807) is 0 Å². The zero-order valence-corrected chi connectivity index (χ0v) is 11.8. The second-order valence-corrected chi connectivity index (χ2v) is 5.09. The van der Waals surface area contributed by atoms with E-state index in [0.717, 1.165) is 15.1 Å². The summed E-state index contributed by atoms with van der Waals surface area (Å²) in [5.74, 6) is 0. The molecule has 2 aromatic carbocycles. The van der Waals surface area contributed by atoms with Crippen LogP contribution < -0.4 is 5.32 Å². The molecule has 0 saturated carbocycles. The summed E-state index contributed by atoms with van der Waals surface area (Å²) in [5.41, 5.74) is 2.36. The van der Waals surface area contributed by atoms with Crippen LogP contribution in [0.4, 0.5) is 0 Å². The van der Waals surface area contributed by atoms with Crippen LogP contribution in [0.25, 0.3) is 0 Å². The number of benzene rings is 2. The maximum absolute atomic E-state index is 6.03. The quantitative estimate of drug-likeness (QED) is 0.885. The first-order valence-corrected chi connectivity index (χ1v) is 6.56. The fourth-order valence-corrected chi connectivity index (χ4v) is 2.61. The summed E-state index contributed by atoms with van der Waals surface area (Å²) in [5, 5.41) is 4.07. The van der Waals surface area contributed by atoms with Crippen LogP contribution in [0.2, 0.25) is 5.02 Å². The number of halogens is 2. The van der Waals surface area contributed by atoms with Crippen molar-refractivity contribution in [1.29, 1.82) is 0 Å². The van der Waals surface area contributed by atoms with Crippen LogP contribution in [0, 0.1) is 0 Å².